The molecule has 3 aromatic rings. The van der Waals surface area contributed by atoms with Gasteiger partial charge in [-0.2, -0.15) is 0 Å². The van der Waals surface area contributed by atoms with Crippen molar-refractivity contribution in [3.8, 4) is 11.5 Å². The Bertz CT molecular complexity index is 968. The van der Waals surface area contributed by atoms with Crippen LogP contribution in [0.25, 0.3) is 0 Å². The second-order valence-corrected chi connectivity index (χ2v) is 7.90. The summed E-state index contributed by atoms with van der Waals surface area (Å²) < 4.78 is 11.2. The summed E-state index contributed by atoms with van der Waals surface area (Å²) in [6.45, 7) is 3.09. The molecule has 1 aliphatic heterocycles. The van der Waals surface area contributed by atoms with E-state index in [0.717, 1.165) is 24.3 Å². The SMILES string of the molecule is COc1cc(C(=O)NCc2ccc(N3CCCC3)cc2)ccc1OCc1cscn1. The predicted octanol–water partition coefficient (Wildman–Crippen LogP) is 4.26. The van der Waals surface area contributed by atoms with Crippen LogP contribution in [0.5, 0.6) is 11.5 Å². The lowest BCUT2D eigenvalue weighted by Gasteiger charge is -2.17. The number of rotatable bonds is 8. The number of nitrogens with zero attached hydrogens (tertiary/aromatic N) is 2. The minimum absolute atomic E-state index is 0.150. The van der Waals surface area contributed by atoms with Crippen molar-refractivity contribution in [1.82, 2.24) is 10.3 Å². The Morgan fingerprint density at radius 2 is 1.93 bits per heavy atom. The number of nitrogens with one attached hydrogen (secondary N) is 1. The standard InChI is InChI=1S/C23H25N3O3S/c1-28-22-12-18(6-9-21(22)29-14-19-15-30-16-25-19)23(27)24-13-17-4-7-20(8-5-17)26-10-2-3-11-26/h4-9,12,15-16H,2-3,10-11,13-14H2,1H3,(H,24,27). The average Bonchev–Trinajstić information content (AvgIpc) is 3.51. The molecule has 30 heavy (non-hydrogen) atoms. The largest absolute Gasteiger partial charge is 0.493 e. The van der Waals surface area contributed by atoms with E-state index in [-0.39, 0.29) is 5.91 Å². The third kappa shape index (κ3) is 4.91. The van der Waals surface area contributed by atoms with Gasteiger partial charge in [-0.05, 0) is 48.7 Å². The number of carbonyl (C=O) groups is 1. The molecule has 1 amide bonds. The Balaban J connectivity index is 1.34. The highest BCUT2D eigenvalue weighted by Gasteiger charge is 2.13. The fraction of sp³-hybridized carbons (Fsp3) is 0.304. The number of thiazole rings is 1. The first-order chi connectivity index (χ1) is 14.7. The molecule has 7 heteroatoms. The fourth-order valence-electron chi connectivity index (χ4n) is 3.47. The second-order valence-electron chi connectivity index (χ2n) is 7.18. The van der Waals surface area contributed by atoms with Crippen LogP contribution in [-0.4, -0.2) is 31.1 Å². The average molecular weight is 424 g/mol. The molecule has 1 saturated heterocycles. The van der Waals surface area contributed by atoms with E-state index in [1.54, 1.807) is 30.8 Å². The zero-order valence-corrected chi connectivity index (χ0v) is 17.8. The number of hydrogen-bond acceptors (Lipinski definition) is 6. The van der Waals surface area contributed by atoms with Crippen molar-refractivity contribution in [2.75, 3.05) is 25.1 Å². The van der Waals surface area contributed by atoms with Crippen LogP contribution < -0.4 is 19.7 Å². The van der Waals surface area contributed by atoms with Gasteiger partial charge in [-0.3, -0.25) is 4.79 Å². The molecule has 1 N–H and O–H groups in total. The summed E-state index contributed by atoms with van der Waals surface area (Å²) in [5.41, 5.74) is 5.48. The van der Waals surface area contributed by atoms with Crippen LogP contribution in [0.3, 0.4) is 0 Å². The minimum atomic E-state index is -0.150. The van der Waals surface area contributed by atoms with E-state index in [2.05, 4.69) is 39.5 Å². The van der Waals surface area contributed by atoms with Gasteiger partial charge in [-0.15, -0.1) is 11.3 Å². The van der Waals surface area contributed by atoms with Crippen molar-refractivity contribution in [3.63, 3.8) is 0 Å². The van der Waals surface area contributed by atoms with Crippen LogP contribution >= 0.6 is 11.3 Å². The summed E-state index contributed by atoms with van der Waals surface area (Å²) in [6, 6.07) is 13.6. The molecule has 0 aliphatic carbocycles. The van der Waals surface area contributed by atoms with Gasteiger partial charge in [0.05, 0.1) is 18.3 Å². The number of anilines is 1. The van der Waals surface area contributed by atoms with Crippen LogP contribution in [0.1, 0.15) is 34.5 Å². The highest BCUT2D eigenvalue weighted by atomic mass is 32.1. The molecule has 0 spiro atoms. The van der Waals surface area contributed by atoms with Gasteiger partial charge in [0, 0.05) is 36.3 Å². The quantitative estimate of drug-likeness (QED) is 0.587. The van der Waals surface area contributed by atoms with Crippen LogP contribution in [0.2, 0.25) is 0 Å². The van der Waals surface area contributed by atoms with Crippen molar-refractivity contribution in [2.45, 2.75) is 26.0 Å². The van der Waals surface area contributed by atoms with E-state index in [4.69, 9.17) is 9.47 Å². The first-order valence-electron chi connectivity index (χ1n) is 10.0. The fourth-order valence-corrected chi connectivity index (χ4v) is 4.02. The maximum atomic E-state index is 12.6. The molecule has 1 aliphatic rings. The van der Waals surface area contributed by atoms with E-state index in [1.807, 2.05) is 5.38 Å². The summed E-state index contributed by atoms with van der Waals surface area (Å²) in [6.07, 6.45) is 2.52. The summed E-state index contributed by atoms with van der Waals surface area (Å²) in [4.78, 5) is 19.2. The van der Waals surface area contributed by atoms with Crippen LogP contribution in [-0.2, 0) is 13.2 Å². The van der Waals surface area contributed by atoms with E-state index in [0.29, 0.717) is 30.2 Å². The predicted molar refractivity (Wildman–Crippen MR) is 118 cm³/mol. The molecule has 156 valence electrons. The number of ether oxygens (including phenoxy) is 2. The van der Waals surface area contributed by atoms with E-state index < -0.39 is 0 Å². The van der Waals surface area contributed by atoms with Crippen molar-refractivity contribution in [3.05, 3.63) is 70.2 Å². The van der Waals surface area contributed by atoms with E-state index >= 15 is 0 Å². The molecule has 0 unspecified atom stereocenters. The van der Waals surface area contributed by atoms with Gasteiger partial charge in [-0.25, -0.2) is 4.98 Å². The zero-order chi connectivity index (χ0) is 20.8. The zero-order valence-electron chi connectivity index (χ0n) is 17.0. The molecular weight excluding hydrogens is 398 g/mol. The van der Waals surface area contributed by atoms with E-state index in [1.165, 1.54) is 29.9 Å². The number of methoxy groups -OCH3 is 1. The van der Waals surface area contributed by atoms with Gasteiger partial charge in [0.1, 0.15) is 6.61 Å². The van der Waals surface area contributed by atoms with Gasteiger partial charge >= 0.3 is 0 Å². The van der Waals surface area contributed by atoms with Gasteiger partial charge in [0.15, 0.2) is 11.5 Å². The summed E-state index contributed by atoms with van der Waals surface area (Å²) >= 11 is 1.52. The Labute approximate surface area is 180 Å². The first kappa shape index (κ1) is 20.2. The topological polar surface area (TPSA) is 63.7 Å². The summed E-state index contributed by atoms with van der Waals surface area (Å²) in [5, 5.41) is 4.91. The molecule has 0 atom stereocenters. The second kappa shape index (κ2) is 9.63. The molecule has 6 nitrogen and oxygen atoms in total. The summed E-state index contributed by atoms with van der Waals surface area (Å²) in [7, 11) is 1.56. The van der Waals surface area contributed by atoms with Crippen LogP contribution in [0, 0.1) is 0 Å². The van der Waals surface area contributed by atoms with Gasteiger partial charge in [-0.1, -0.05) is 12.1 Å². The first-order valence-corrected chi connectivity index (χ1v) is 11.0. The number of aromatic nitrogens is 1. The molecule has 4 rings (SSSR count). The highest BCUT2D eigenvalue weighted by Crippen LogP contribution is 2.29. The van der Waals surface area contributed by atoms with E-state index in [9.17, 15) is 4.79 Å². The lowest BCUT2D eigenvalue weighted by molar-refractivity contribution is 0.0950. The number of amides is 1. The third-order valence-corrected chi connectivity index (χ3v) is 5.78. The molecule has 1 fully saturated rings. The van der Waals surface area contributed by atoms with Crippen LogP contribution in [0.15, 0.2) is 53.4 Å². The Hall–Kier alpha value is -3.06. The molecule has 0 bridgehead atoms. The van der Waals surface area contributed by atoms with Crippen molar-refractivity contribution < 1.29 is 14.3 Å². The minimum Gasteiger partial charge on any atom is -0.493 e. The Kier molecular flexibility index (Phi) is 6.49. The van der Waals surface area contributed by atoms with Crippen LogP contribution in [0.4, 0.5) is 5.69 Å². The van der Waals surface area contributed by atoms with Gasteiger partial charge in [0.2, 0.25) is 0 Å². The molecule has 0 saturated carbocycles. The molecule has 2 heterocycles. The van der Waals surface area contributed by atoms with Gasteiger partial charge in [0.25, 0.3) is 5.91 Å². The summed E-state index contributed by atoms with van der Waals surface area (Å²) in [5.74, 6) is 0.954. The molecular formula is C23H25N3O3S. The normalized spacial score (nSPS) is 13.3. The lowest BCUT2D eigenvalue weighted by Crippen LogP contribution is -2.23. The molecule has 0 radical (unpaired) electrons. The van der Waals surface area contributed by atoms with Gasteiger partial charge < -0.3 is 19.7 Å². The maximum Gasteiger partial charge on any atom is 0.251 e. The molecule has 1 aromatic heterocycles. The maximum absolute atomic E-state index is 12.6. The monoisotopic (exact) mass is 423 g/mol. The third-order valence-electron chi connectivity index (χ3n) is 5.15. The number of hydrogen-bond donors (Lipinski definition) is 1. The number of benzene rings is 2. The van der Waals surface area contributed by atoms with Crippen molar-refractivity contribution >= 4 is 22.9 Å². The van der Waals surface area contributed by atoms with Crippen molar-refractivity contribution in [1.29, 1.82) is 0 Å². The smallest absolute Gasteiger partial charge is 0.251 e. The lowest BCUT2D eigenvalue weighted by atomic mass is 10.1. The van der Waals surface area contributed by atoms with Crippen molar-refractivity contribution in [2.24, 2.45) is 0 Å². The number of carbonyl (C=O) groups excluding carboxylic acids is 1. The Morgan fingerprint density at radius 1 is 1.13 bits per heavy atom. The molecule has 2 aromatic carbocycles. The highest BCUT2D eigenvalue weighted by molar-refractivity contribution is 7.07. The Morgan fingerprint density at radius 3 is 2.63 bits per heavy atom.